The quantitative estimate of drug-likeness (QED) is 0.474. The molecule has 0 radical (unpaired) electrons. The molecule has 0 aliphatic heterocycles. The number of pyridine rings is 1. The molecule has 1 atom stereocenters. The van der Waals surface area contributed by atoms with Crippen molar-refractivity contribution in [2.24, 2.45) is 5.92 Å². The second kappa shape index (κ2) is 9.56. The van der Waals surface area contributed by atoms with E-state index < -0.39 is 17.7 Å². The summed E-state index contributed by atoms with van der Waals surface area (Å²) in [5.74, 6) is 0.201. The fraction of sp³-hybridized carbons (Fsp3) is 0.333. The van der Waals surface area contributed by atoms with Gasteiger partial charge >= 0.3 is 12.1 Å². The van der Waals surface area contributed by atoms with Crippen molar-refractivity contribution in [3.05, 3.63) is 71.7 Å². The van der Waals surface area contributed by atoms with Crippen LogP contribution in [-0.2, 0) is 6.18 Å². The molecule has 2 aromatic heterocycles. The van der Waals surface area contributed by atoms with Gasteiger partial charge in [-0.25, -0.2) is 19.7 Å². The number of hydrogen-bond donors (Lipinski definition) is 2. The molecule has 0 bridgehead atoms. The monoisotopic (exact) mass is 456 g/mol. The summed E-state index contributed by atoms with van der Waals surface area (Å²) in [7, 11) is 0. The van der Waals surface area contributed by atoms with Gasteiger partial charge in [0.2, 0.25) is 0 Å². The molecule has 0 spiro atoms. The summed E-state index contributed by atoms with van der Waals surface area (Å²) in [4.78, 5) is 24.1. The van der Waals surface area contributed by atoms with E-state index in [2.05, 4.69) is 20.3 Å². The first-order chi connectivity index (χ1) is 15.8. The van der Waals surface area contributed by atoms with Crippen LogP contribution in [0, 0.1) is 5.92 Å². The van der Waals surface area contributed by atoms with Crippen molar-refractivity contribution < 1.29 is 23.1 Å². The molecule has 33 heavy (non-hydrogen) atoms. The fourth-order valence-corrected chi connectivity index (χ4v) is 4.16. The molecule has 1 unspecified atom stereocenters. The van der Waals surface area contributed by atoms with E-state index in [0.29, 0.717) is 23.1 Å². The lowest BCUT2D eigenvalue weighted by Gasteiger charge is -2.31. The van der Waals surface area contributed by atoms with Crippen molar-refractivity contribution in [3.8, 4) is 11.4 Å². The molecule has 1 aromatic carbocycles. The van der Waals surface area contributed by atoms with Crippen LogP contribution >= 0.6 is 0 Å². The summed E-state index contributed by atoms with van der Waals surface area (Å²) in [5.41, 5.74) is 0.745. The van der Waals surface area contributed by atoms with Gasteiger partial charge in [0.25, 0.3) is 0 Å². The molecule has 6 nitrogen and oxygen atoms in total. The average Bonchev–Trinajstić information content (AvgIpc) is 2.83. The van der Waals surface area contributed by atoms with Gasteiger partial charge in [0.15, 0.2) is 5.82 Å². The SMILES string of the molecule is O=C(O)c1ccc(NC(c2cnc(-c3ccc(C(F)(F)F)cc3)nc2)C2CCCCC2)nc1. The van der Waals surface area contributed by atoms with E-state index in [1.165, 1.54) is 30.8 Å². The maximum atomic E-state index is 12.8. The minimum absolute atomic E-state index is 0.110. The summed E-state index contributed by atoms with van der Waals surface area (Å²) in [6, 6.07) is 7.79. The number of nitrogens with zero attached hydrogens (tertiary/aromatic N) is 3. The number of alkyl halides is 3. The van der Waals surface area contributed by atoms with Gasteiger partial charge < -0.3 is 10.4 Å². The lowest BCUT2D eigenvalue weighted by atomic mass is 9.81. The molecule has 3 aromatic rings. The Kier molecular flexibility index (Phi) is 6.57. The first-order valence-electron chi connectivity index (χ1n) is 10.8. The van der Waals surface area contributed by atoms with E-state index in [9.17, 15) is 18.0 Å². The average molecular weight is 456 g/mol. The van der Waals surface area contributed by atoms with E-state index in [1.54, 1.807) is 18.5 Å². The number of hydrogen-bond acceptors (Lipinski definition) is 5. The van der Waals surface area contributed by atoms with E-state index in [4.69, 9.17) is 5.11 Å². The van der Waals surface area contributed by atoms with E-state index in [1.807, 2.05) is 0 Å². The molecule has 172 valence electrons. The highest BCUT2D eigenvalue weighted by atomic mass is 19.4. The molecule has 1 aliphatic carbocycles. The van der Waals surface area contributed by atoms with Crippen LogP contribution < -0.4 is 5.32 Å². The van der Waals surface area contributed by atoms with Crippen LogP contribution in [-0.4, -0.2) is 26.0 Å². The number of nitrogens with one attached hydrogen (secondary N) is 1. The van der Waals surface area contributed by atoms with Gasteiger partial charge in [0.05, 0.1) is 17.2 Å². The molecule has 1 saturated carbocycles. The summed E-state index contributed by atoms with van der Waals surface area (Å²) in [6.07, 6.45) is 5.81. The van der Waals surface area contributed by atoms with Crippen molar-refractivity contribution in [2.45, 2.75) is 44.3 Å². The summed E-state index contributed by atoms with van der Waals surface area (Å²) in [6.45, 7) is 0. The van der Waals surface area contributed by atoms with Crippen LogP contribution in [0.3, 0.4) is 0 Å². The third kappa shape index (κ3) is 5.47. The molecule has 0 amide bonds. The van der Waals surface area contributed by atoms with Crippen molar-refractivity contribution in [2.75, 3.05) is 5.32 Å². The number of rotatable bonds is 6. The Bertz CT molecular complexity index is 1080. The van der Waals surface area contributed by atoms with Crippen LogP contribution in [0.5, 0.6) is 0 Å². The second-order valence-electron chi connectivity index (χ2n) is 8.17. The van der Waals surface area contributed by atoms with Crippen LogP contribution in [0.4, 0.5) is 19.0 Å². The largest absolute Gasteiger partial charge is 0.478 e. The molecule has 1 fully saturated rings. The van der Waals surface area contributed by atoms with Crippen molar-refractivity contribution in [1.29, 1.82) is 0 Å². The number of benzene rings is 1. The van der Waals surface area contributed by atoms with Gasteiger partial charge in [-0.1, -0.05) is 31.4 Å². The summed E-state index contributed by atoms with van der Waals surface area (Å²) < 4.78 is 38.4. The van der Waals surface area contributed by atoms with Gasteiger partial charge in [-0.05, 0) is 43.0 Å². The number of carboxylic acids is 1. The number of aromatic carboxylic acids is 1. The Hall–Kier alpha value is -3.49. The Balaban J connectivity index is 1.57. The predicted octanol–water partition coefficient (Wildman–Crippen LogP) is 5.99. The fourth-order valence-electron chi connectivity index (χ4n) is 4.16. The lowest BCUT2D eigenvalue weighted by Crippen LogP contribution is -2.24. The number of carbonyl (C=O) groups is 1. The Morgan fingerprint density at radius 2 is 1.61 bits per heavy atom. The lowest BCUT2D eigenvalue weighted by molar-refractivity contribution is -0.137. The highest BCUT2D eigenvalue weighted by Crippen LogP contribution is 2.36. The highest BCUT2D eigenvalue weighted by Gasteiger charge is 2.30. The van der Waals surface area contributed by atoms with Crippen LogP contribution in [0.2, 0.25) is 0 Å². The normalized spacial score (nSPS) is 15.7. The molecule has 9 heteroatoms. The Morgan fingerprint density at radius 1 is 0.939 bits per heavy atom. The van der Waals surface area contributed by atoms with Crippen LogP contribution in [0.1, 0.15) is 59.6 Å². The maximum absolute atomic E-state index is 12.8. The van der Waals surface area contributed by atoms with Gasteiger partial charge in [-0.15, -0.1) is 0 Å². The van der Waals surface area contributed by atoms with Crippen LogP contribution in [0.15, 0.2) is 55.0 Å². The standard InChI is InChI=1S/C24H23F3N4O2/c25-24(26,27)19-9-6-16(7-10-19)22-29-13-18(14-30-22)21(15-4-2-1-3-5-15)31-20-11-8-17(12-28-20)23(32)33/h6-15,21H,1-5H2,(H,28,31)(H,32,33). The van der Waals surface area contributed by atoms with Crippen molar-refractivity contribution in [3.63, 3.8) is 0 Å². The van der Waals surface area contributed by atoms with Gasteiger partial charge in [-0.2, -0.15) is 13.2 Å². The van der Waals surface area contributed by atoms with Gasteiger partial charge in [0, 0.05) is 29.7 Å². The molecular formula is C24H23F3N4O2. The van der Waals surface area contributed by atoms with Gasteiger partial charge in [0.1, 0.15) is 5.82 Å². The molecular weight excluding hydrogens is 433 g/mol. The molecule has 0 saturated heterocycles. The number of halogens is 3. The first kappa shape index (κ1) is 22.7. The highest BCUT2D eigenvalue weighted by molar-refractivity contribution is 5.87. The minimum atomic E-state index is -4.39. The predicted molar refractivity (Wildman–Crippen MR) is 117 cm³/mol. The Morgan fingerprint density at radius 3 is 2.15 bits per heavy atom. The smallest absolute Gasteiger partial charge is 0.416 e. The zero-order chi connectivity index (χ0) is 23.4. The van der Waals surface area contributed by atoms with Crippen molar-refractivity contribution in [1.82, 2.24) is 15.0 Å². The van der Waals surface area contributed by atoms with E-state index >= 15 is 0 Å². The summed E-state index contributed by atoms with van der Waals surface area (Å²) in [5, 5.41) is 12.5. The van der Waals surface area contributed by atoms with E-state index in [-0.39, 0.29) is 11.6 Å². The van der Waals surface area contributed by atoms with Crippen molar-refractivity contribution >= 4 is 11.8 Å². The third-order valence-corrected chi connectivity index (χ3v) is 5.94. The summed E-state index contributed by atoms with van der Waals surface area (Å²) >= 11 is 0. The first-order valence-corrected chi connectivity index (χ1v) is 10.8. The zero-order valence-corrected chi connectivity index (χ0v) is 17.7. The van der Waals surface area contributed by atoms with E-state index in [0.717, 1.165) is 43.4 Å². The number of anilines is 1. The van der Waals surface area contributed by atoms with Crippen LogP contribution in [0.25, 0.3) is 11.4 Å². The second-order valence-corrected chi connectivity index (χ2v) is 8.17. The number of carboxylic acid groups (broad SMARTS) is 1. The zero-order valence-electron chi connectivity index (χ0n) is 17.7. The minimum Gasteiger partial charge on any atom is -0.478 e. The topological polar surface area (TPSA) is 88.0 Å². The van der Waals surface area contributed by atoms with Gasteiger partial charge in [-0.3, -0.25) is 0 Å². The molecule has 4 rings (SSSR count). The molecule has 2 N–H and O–H groups in total. The third-order valence-electron chi connectivity index (χ3n) is 5.94. The molecule has 1 aliphatic rings. The Labute approximate surface area is 188 Å². The number of aromatic nitrogens is 3. The molecule has 2 heterocycles. The maximum Gasteiger partial charge on any atom is 0.416 e.